The van der Waals surface area contributed by atoms with E-state index in [-0.39, 0.29) is 29.2 Å². The van der Waals surface area contributed by atoms with Gasteiger partial charge < -0.3 is 19.8 Å². The van der Waals surface area contributed by atoms with E-state index in [0.29, 0.717) is 38.3 Å². The van der Waals surface area contributed by atoms with E-state index >= 15 is 0 Å². The maximum Gasteiger partial charge on any atom is 0.305 e. The summed E-state index contributed by atoms with van der Waals surface area (Å²) in [6.07, 6.45) is 0. The number of benzene rings is 4. The molecule has 5 aromatic rings. The topological polar surface area (TPSA) is 118 Å². The Bertz CT molecular complexity index is 1980. The molecule has 4 aromatic carbocycles. The molecule has 0 radical (unpaired) electrons. The fraction of sp³-hybridized carbons (Fsp3) is 0.152. The number of rotatable bonds is 7. The summed E-state index contributed by atoms with van der Waals surface area (Å²) in [5.74, 6) is -1.50. The predicted octanol–water partition coefficient (Wildman–Crippen LogP) is 5.41. The summed E-state index contributed by atoms with van der Waals surface area (Å²) in [6, 6.07) is 27.3. The molecule has 44 heavy (non-hydrogen) atoms. The number of aromatic amines is 1. The van der Waals surface area contributed by atoms with Gasteiger partial charge in [-0.2, -0.15) is 0 Å². The van der Waals surface area contributed by atoms with E-state index in [2.05, 4.69) is 10.3 Å². The van der Waals surface area contributed by atoms with Gasteiger partial charge in [0.05, 0.1) is 23.7 Å². The Hall–Kier alpha value is -4.87. The van der Waals surface area contributed by atoms with Crippen molar-refractivity contribution in [3.05, 3.63) is 111 Å². The van der Waals surface area contributed by atoms with Gasteiger partial charge in [-0.25, -0.2) is 4.90 Å². The van der Waals surface area contributed by atoms with Crippen molar-refractivity contribution in [3.63, 3.8) is 0 Å². The van der Waals surface area contributed by atoms with Crippen LogP contribution in [0.4, 0.5) is 11.4 Å². The molecule has 1 saturated heterocycles. The van der Waals surface area contributed by atoms with Gasteiger partial charge in [0.15, 0.2) is 6.61 Å². The van der Waals surface area contributed by atoms with Crippen LogP contribution in [0.3, 0.4) is 0 Å². The van der Waals surface area contributed by atoms with Crippen LogP contribution in [0.15, 0.2) is 101 Å². The number of H-pyrrole nitrogens is 1. The second-order valence-electron chi connectivity index (χ2n) is 10.4. The summed E-state index contributed by atoms with van der Waals surface area (Å²) < 4.78 is 11.3. The van der Waals surface area contributed by atoms with Crippen molar-refractivity contribution in [1.82, 2.24) is 4.98 Å². The normalized spacial score (nSPS) is 19.0. The first-order chi connectivity index (χ1) is 21.4. The molecule has 7 rings (SSSR count). The molecule has 2 N–H and O–H groups in total. The van der Waals surface area contributed by atoms with Crippen LogP contribution in [-0.4, -0.2) is 41.7 Å². The number of carbonyl (C=O) groups excluding carboxylic acids is 3. The van der Waals surface area contributed by atoms with Crippen molar-refractivity contribution in [2.24, 2.45) is 5.92 Å². The van der Waals surface area contributed by atoms with Crippen molar-refractivity contribution in [1.29, 1.82) is 0 Å². The number of hydrogen-bond donors (Lipinski definition) is 2. The minimum Gasteiger partial charge on any atom is -0.497 e. The highest BCUT2D eigenvalue weighted by molar-refractivity contribution is 8.00. The van der Waals surface area contributed by atoms with Crippen LogP contribution in [-0.2, 0) is 14.4 Å². The number of nitrogens with one attached hydrogen (secondary N) is 2. The van der Waals surface area contributed by atoms with Crippen LogP contribution in [0.5, 0.6) is 11.5 Å². The Morgan fingerprint density at radius 1 is 0.909 bits per heavy atom. The number of carbonyl (C=O) groups is 3. The molecule has 220 valence electrons. The minimum absolute atomic E-state index is 0.271. The third-order valence-electron chi connectivity index (χ3n) is 7.83. The van der Waals surface area contributed by atoms with Crippen molar-refractivity contribution in [2.75, 3.05) is 23.9 Å². The van der Waals surface area contributed by atoms with Gasteiger partial charge >= 0.3 is 4.87 Å². The van der Waals surface area contributed by atoms with Gasteiger partial charge in [-0.05, 0) is 41.8 Å². The first-order valence-electron chi connectivity index (χ1n) is 13.8. The largest absolute Gasteiger partial charge is 0.497 e. The van der Waals surface area contributed by atoms with E-state index in [0.717, 1.165) is 22.1 Å². The summed E-state index contributed by atoms with van der Waals surface area (Å²) in [7, 11) is 1.54. The van der Waals surface area contributed by atoms with E-state index in [9.17, 15) is 19.2 Å². The number of fused-ring (bicyclic) bond motifs is 3. The van der Waals surface area contributed by atoms with Gasteiger partial charge in [0, 0.05) is 27.4 Å². The molecule has 0 aliphatic carbocycles. The molecule has 2 aliphatic rings. The van der Waals surface area contributed by atoms with Crippen LogP contribution in [0, 0.1) is 5.92 Å². The van der Waals surface area contributed by atoms with E-state index in [1.54, 1.807) is 43.5 Å². The van der Waals surface area contributed by atoms with Gasteiger partial charge in [-0.15, -0.1) is 0 Å². The predicted molar refractivity (Wildman–Crippen MR) is 170 cm³/mol. The average molecular weight is 624 g/mol. The Morgan fingerprint density at radius 2 is 1.66 bits per heavy atom. The molecule has 0 unspecified atom stereocenters. The highest BCUT2D eigenvalue weighted by Crippen LogP contribution is 2.54. The Labute approximate surface area is 259 Å². The van der Waals surface area contributed by atoms with Crippen molar-refractivity contribution >= 4 is 63.0 Å². The molecule has 2 aliphatic heterocycles. The minimum atomic E-state index is -0.789. The molecule has 9 nitrogen and oxygen atoms in total. The number of thiazole rings is 1. The van der Waals surface area contributed by atoms with E-state index in [4.69, 9.17) is 9.47 Å². The number of para-hydroxylation sites is 1. The number of ether oxygens (including phenoxy) is 2. The van der Waals surface area contributed by atoms with Gasteiger partial charge in [-0.1, -0.05) is 77.7 Å². The molecule has 0 bridgehead atoms. The fourth-order valence-electron chi connectivity index (χ4n) is 5.87. The van der Waals surface area contributed by atoms with E-state index < -0.39 is 17.1 Å². The quantitative estimate of drug-likeness (QED) is 0.233. The van der Waals surface area contributed by atoms with Crippen LogP contribution in [0.25, 0.3) is 10.8 Å². The molecular weight excluding hydrogens is 599 g/mol. The summed E-state index contributed by atoms with van der Waals surface area (Å²) in [5.41, 5.74) is 1.74. The smallest absolute Gasteiger partial charge is 0.305 e. The average Bonchev–Trinajstić information content (AvgIpc) is 3.54. The number of imide groups is 1. The summed E-state index contributed by atoms with van der Waals surface area (Å²) >= 11 is 2.22. The molecular formula is C33H25N3O6S2. The SMILES string of the molecule is COc1ccc(N2C(=O)[C@H]3[C@H](c4ccccc4OCC(=O)Nc4cccc5ccccc45)c4sc(=O)[nH]c4S[C@H]3C2=O)cc1. The van der Waals surface area contributed by atoms with Crippen LogP contribution < -0.4 is 24.6 Å². The number of aromatic nitrogens is 1. The third kappa shape index (κ3) is 4.83. The van der Waals surface area contributed by atoms with E-state index in [1.165, 1.54) is 16.7 Å². The maximum absolute atomic E-state index is 14.1. The van der Waals surface area contributed by atoms with Gasteiger partial charge in [-0.3, -0.25) is 19.2 Å². The van der Waals surface area contributed by atoms with Crippen molar-refractivity contribution in [3.8, 4) is 11.5 Å². The summed E-state index contributed by atoms with van der Waals surface area (Å²) in [4.78, 5) is 57.8. The molecule has 0 spiro atoms. The fourth-order valence-corrected chi connectivity index (χ4v) is 8.38. The van der Waals surface area contributed by atoms with Crippen molar-refractivity contribution < 1.29 is 23.9 Å². The van der Waals surface area contributed by atoms with Gasteiger partial charge in [0.25, 0.3) is 5.91 Å². The number of thioether (sulfide) groups is 1. The lowest BCUT2D eigenvalue weighted by molar-refractivity contribution is -0.122. The highest BCUT2D eigenvalue weighted by Gasteiger charge is 2.56. The molecule has 1 aromatic heterocycles. The Balaban J connectivity index is 1.20. The number of anilines is 2. The van der Waals surface area contributed by atoms with Gasteiger partial charge in [0.1, 0.15) is 16.7 Å². The number of methoxy groups -OCH3 is 1. The molecule has 3 amide bonds. The molecule has 3 heterocycles. The van der Waals surface area contributed by atoms with Crippen molar-refractivity contribution in [2.45, 2.75) is 16.2 Å². The highest BCUT2D eigenvalue weighted by atomic mass is 32.2. The van der Waals surface area contributed by atoms with Crippen LogP contribution in [0.1, 0.15) is 16.4 Å². The molecule has 11 heteroatoms. The molecule has 1 fully saturated rings. The number of hydrogen-bond acceptors (Lipinski definition) is 8. The zero-order valence-corrected chi connectivity index (χ0v) is 24.9. The zero-order chi connectivity index (χ0) is 30.4. The second-order valence-corrected chi connectivity index (χ2v) is 12.5. The second kappa shape index (κ2) is 11.3. The lowest BCUT2D eigenvalue weighted by Crippen LogP contribution is -2.32. The van der Waals surface area contributed by atoms with Crippen LogP contribution in [0.2, 0.25) is 0 Å². The summed E-state index contributed by atoms with van der Waals surface area (Å²) in [6.45, 7) is -0.281. The van der Waals surface area contributed by atoms with Gasteiger partial charge in [0.2, 0.25) is 11.8 Å². The van der Waals surface area contributed by atoms with Crippen LogP contribution >= 0.6 is 23.1 Å². The lowest BCUT2D eigenvalue weighted by atomic mass is 9.82. The monoisotopic (exact) mass is 623 g/mol. The summed E-state index contributed by atoms with van der Waals surface area (Å²) in [5, 5.41) is 4.65. The first-order valence-corrected chi connectivity index (χ1v) is 15.5. The maximum atomic E-state index is 14.1. The first kappa shape index (κ1) is 27.9. The van der Waals surface area contributed by atoms with E-state index in [1.807, 2.05) is 54.6 Å². The standard InChI is InChI=1S/C33H25N3O6S2/c1-41-20-15-13-19(14-16-20)36-31(38)27-26(28-30(35-33(40)44-28)43-29(27)32(36)39)22-10-4-5-12-24(22)42-17-25(37)34-23-11-6-8-18-7-2-3-9-21(18)23/h2-16,26-27,29H,17H2,1H3,(H,34,37)(H,35,40)/t26-,27-,29+/m0/s1. The lowest BCUT2D eigenvalue weighted by Gasteiger charge is -2.30. The molecule has 3 atom stereocenters. The third-order valence-corrected chi connectivity index (χ3v) is 10.2. The number of amides is 3. The zero-order valence-electron chi connectivity index (χ0n) is 23.3. The Kier molecular flexibility index (Phi) is 7.19. The molecule has 0 saturated carbocycles. The number of nitrogens with zero attached hydrogens (tertiary/aromatic N) is 1. The Morgan fingerprint density at radius 3 is 2.48 bits per heavy atom.